The molecule has 0 bridgehead atoms. The Labute approximate surface area is 398 Å². The van der Waals surface area contributed by atoms with Crippen molar-refractivity contribution in [3.8, 4) is 0 Å². The van der Waals surface area contributed by atoms with Crippen LogP contribution in [-0.2, 0) is 28.7 Å². The van der Waals surface area contributed by atoms with Crippen molar-refractivity contribution < 1.29 is 33.4 Å². The van der Waals surface area contributed by atoms with Crippen molar-refractivity contribution in [3.05, 3.63) is 23.8 Å². The van der Waals surface area contributed by atoms with Crippen LogP contribution in [0.5, 0.6) is 0 Å². The topological polar surface area (TPSA) is 291 Å². The Hall–Kier alpha value is -4.31. The minimum Gasteiger partial charge on any atom is -0.378 e. The van der Waals surface area contributed by atoms with E-state index in [1.54, 1.807) is 18.2 Å². The van der Waals surface area contributed by atoms with Crippen LogP contribution in [0.4, 0.5) is 11.4 Å². The number of guanidine groups is 2. The molecule has 0 unspecified atom stereocenters. The molecule has 0 saturated carbocycles. The number of hydrogen-bond acceptors (Lipinski definition) is 16. The number of fused-ring (bicyclic) bond motifs is 2. The highest BCUT2D eigenvalue weighted by molar-refractivity contribution is 8.00. The summed E-state index contributed by atoms with van der Waals surface area (Å²) in [6.07, 6.45) is 11.4. The Morgan fingerprint density at radius 2 is 1.05 bits per heavy atom. The zero-order valence-electron chi connectivity index (χ0n) is 38.4. The van der Waals surface area contributed by atoms with Crippen LogP contribution in [0.2, 0.25) is 0 Å². The van der Waals surface area contributed by atoms with Crippen LogP contribution in [-0.4, -0.2) is 140 Å². The summed E-state index contributed by atoms with van der Waals surface area (Å²) in [6.45, 7) is 3.31. The molecule has 2 saturated heterocycles. The standard InChI is InChI=1S/C45H74N12O7S2/c46-17-21-63-23-24-64-22-20-51-43(62)30-25-31(52-39(60)15-3-1-9-18-49-37(58)13-7-5-11-35-41-33(28-65-35)54-44(47)56-41)27-32(26-30)53-40(61)16-4-2-10-19-50-38(59)14-8-6-12-36-42-34(29-66-36)55-45(48)57-42/h25-27,33-36,41-42H,1-24,28-29,46H2,(H,49,58)(H,50,59)(H,51,62)(H,52,60)(H,53,61)(H3,47,54,56)(H3,48,55,57)/t33-,34-,35-,36-,41-,42-/m0/s1. The maximum Gasteiger partial charge on any atom is 0.251 e. The van der Waals surface area contributed by atoms with Gasteiger partial charge in [0.15, 0.2) is 11.9 Å². The summed E-state index contributed by atoms with van der Waals surface area (Å²) in [7, 11) is 0. The Kier molecular flexibility index (Phi) is 23.5. The second-order valence-corrected chi connectivity index (χ2v) is 19.8. The van der Waals surface area contributed by atoms with Gasteiger partial charge in [0.1, 0.15) is 0 Å². The lowest BCUT2D eigenvalue weighted by atomic mass is 10.0. The van der Waals surface area contributed by atoms with Gasteiger partial charge in [-0.25, -0.2) is 9.98 Å². The second kappa shape index (κ2) is 29.4. The van der Waals surface area contributed by atoms with Gasteiger partial charge in [0, 0.05) is 90.8 Å². The molecule has 4 aliphatic heterocycles. The van der Waals surface area contributed by atoms with Crippen LogP contribution in [0.25, 0.3) is 0 Å². The highest BCUT2D eigenvalue weighted by Gasteiger charge is 2.41. The van der Waals surface area contributed by atoms with Gasteiger partial charge in [0.05, 0.1) is 50.6 Å². The summed E-state index contributed by atoms with van der Waals surface area (Å²) in [5.74, 6) is 2.38. The molecule has 368 valence electrons. The molecule has 0 spiro atoms. The van der Waals surface area contributed by atoms with E-state index in [4.69, 9.17) is 26.7 Å². The van der Waals surface area contributed by atoms with E-state index in [1.165, 1.54) is 0 Å². The average molecular weight is 959 g/mol. The molecule has 0 aromatic heterocycles. The molecule has 2 fully saturated rings. The first-order valence-electron chi connectivity index (χ1n) is 23.9. The molecule has 5 amide bonds. The molecule has 21 heteroatoms. The van der Waals surface area contributed by atoms with Crippen molar-refractivity contribution in [2.24, 2.45) is 27.2 Å². The predicted octanol–water partition coefficient (Wildman–Crippen LogP) is 2.30. The minimum atomic E-state index is -0.380. The molecule has 0 aliphatic carbocycles. The second-order valence-electron chi connectivity index (χ2n) is 17.2. The molecule has 4 aliphatic rings. The third-order valence-electron chi connectivity index (χ3n) is 11.8. The first-order valence-corrected chi connectivity index (χ1v) is 26.0. The maximum absolute atomic E-state index is 13.2. The third-order valence-corrected chi connectivity index (χ3v) is 14.8. The van der Waals surface area contributed by atoms with Crippen LogP contribution in [0.1, 0.15) is 113 Å². The summed E-state index contributed by atoms with van der Waals surface area (Å²) >= 11 is 3.86. The molecule has 6 atom stereocenters. The van der Waals surface area contributed by atoms with E-state index in [1.807, 2.05) is 23.5 Å². The number of nitrogens with two attached hydrogens (primary N) is 3. The maximum atomic E-state index is 13.2. The van der Waals surface area contributed by atoms with Crippen LogP contribution in [0.3, 0.4) is 0 Å². The number of nitrogens with zero attached hydrogens (tertiary/aromatic N) is 2. The van der Waals surface area contributed by atoms with Gasteiger partial charge in [-0.3, -0.25) is 24.0 Å². The van der Waals surface area contributed by atoms with E-state index in [0.717, 1.165) is 75.7 Å². The molecular weight excluding hydrogens is 885 g/mol. The fraction of sp³-hybridized carbons (Fsp3) is 0.711. The molecule has 19 nitrogen and oxygen atoms in total. The van der Waals surface area contributed by atoms with Gasteiger partial charge >= 0.3 is 0 Å². The number of amides is 5. The number of ether oxygens (including phenoxy) is 2. The number of rotatable bonds is 33. The number of unbranched alkanes of at least 4 members (excludes halogenated alkanes) is 6. The van der Waals surface area contributed by atoms with Crippen molar-refractivity contribution in [1.82, 2.24) is 26.6 Å². The lowest BCUT2D eigenvalue weighted by Crippen LogP contribution is -2.38. The van der Waals surface area contributed by atoms with E-state index >= 15 is 0 Å². The van der Waals surface area contributed by atoms with Gasteiger partial charge in [-0.05, 0) is 69.6 Å². The van der Waals surface area contributed by atoms with E-state index < -0.39 is 0 Å². The molecule has 13 N–H and O–H groups in total. The van der Waals surface area contributed by atoms with E-state index in [0.29, 0.717) is 111 Å². The van der Waals surface area contributed by atoms with Crippen molar-refractivity contribution in [2.75, 3.05) is 74.7 Å². The molecule has 1 aromatic carbocycles. The van der Waals surface area contributed by atoms with Crippen LogP contribution in [0, 0.1) is 0 Å². The highest BCUT2D eigenvalue weighted by atomic mass is 32.2. The summed E-state index contributed by atoms with van der Waals surface area (Å²) in [6, 6.07) is 5.96. The predicted molar refractivity (Wildman–Crippen MR) is 264 cm³/mol. The van der Waals surface area contributed by atoms with Gasteiger partial charge in [-0.2, -0.15) is 23.5 Å². The molecule has 4 heterocycles. The quantitative estimate of drug-likeness (QED) is 0.0453. The number of carbonyl (C=O) groups excluding carboxylic acids is 5. The van der Waals surface area contributed by atoms with Gasteiger partial charge in [-0.15, -0.1) is 0 Å². The molecule has 66 heavy (non-hydrogen) atoms. The lowest BCUT2D eigenvalue weighted by molar-refractivity contribution is -0.122. The third kappa shape index (κ3) is 19.1. The van der Waals surface area contributed by atoms with Crippen molar-refractivity contribution in [2.45, 2.75) is 137 Å². The summed E-state index contributed by atoms with van der Waals surface area (Å²) < 4.78 is 10.8. The highest BCUT2D eigenvalue weighted by Crippen LogP contribution is 2.36. The van der Waals surface area contributed by atoms with E-state index in [2.05, 4.69) is 47.2 Å². The van der Waals surface area contributed by atoms with Gasteiger partial charge in [-0.1, -0.05) is 25.7 Å². The zero-order chi connectivity index (χ0) is 46.9. The number of aliphatic imine (C=N–C) groups is 2. The van der Waals surface area contributed by atoms with Crippen LogP contribution >= 0.6 is 23.5 Å². The largest absolute Gasteiger partial charge is 0.378 e. The number of anilines is 2. The average Bonchev–Trinajstić information content (AvgIpc) is 4.06. The molecule has 1 aromatic rings. The van der Waals surface area contributed by atoms with Crippen LogP contribution in [0.15, 0.2) is 28.2 Å². The zero-order valence-corrected chi connectivity index (χ0v) is 40.0. The monoisotopic (exact) mass is 959 g/mol. The Morgan fingerprint density at radius 3 is 1.55 bits per heavy atom. The SMILES string of the molecule is NCCOCCOCCNC(=O)c1cc(NC(=O)CCCCCNC(=O)CCCC[C@@H]2SC[C@@H]3NC(N)=N[C@@H]32)cc(NC(=O)CCCCCNC(=O)CCCC[C@@H]2SC[C@@H]3NC(N)=N[C@@H]32)c1. The summed E-state index contributed by atoms with van der Waals surface area (Å²) in [5.41, 5.74) is 18.1. The minimum absolute atomic E-state index is 0.0431. The number of nitrogens with one attached hydrogen (secondary N) is 7. The Bertz CT molecular complexity index is 1690. The molecule has 0 radical (unpaired) electrons. The summed E-state index contributed by atoms with van der Waals surface area (Å²) in [5, 5.41) is 21.9. The molecular formula is C45H74N12O7S2. The van der Waals surface area contributed by atoms with E-state index in [-0.39, 0.29) is 73.2 Å². The lowest BCUT2D eigenvalue weighted by Gasteiger charge is -2.14. The fourth-order valence-electron chi connectivity index (χ4n) is 8.41. The fourth-order valence-corrected chi connectivity index (χ4v) is 11.4. The first-order chi connectivity index (χ1) is 32.1. The van der Waals surface area contributed by atoms with Gasteiger partial charge in [0.25, 0.3) is 5.91 Å². The first kappa shape index (κ1) is 52.7. The van der Waals surface area contributed by atoms with E-state index in [9.17, 15) is 24.0 Å². The Morgan fingerprint density at radius 1 is 0.576 bits per heavy atom. The number of benzene rings is 1. The number of carbonyl (C=O) groups is 5. The molecule has 5 rings (SSSR count). The van der Waals surface area contributed by atoms with Crippen molar-refractivity contribution >= 4 is 76.4 Å². The van der Waals surface area contributed by atoms with Gasteiger partial charge in [0.2, 0.25) is 23.6 Å². The smallest absolute Gasteiger partial charge is 0.251 e. The normalized spacial score (nSPS) is 21.5. The van der Waals surface area contributed by atoms with Crippen molar-refractivity contribution in [1.29, 1.82) is 0 Å². The van der Waals surface area contributed by atoms with Gasteiger partial charge < -0.3 is 63.9 Å². The number of thioether (sulfide) groups is 2. The number of hydrogen-bond donors (Lipinski definition) is 10. The Balaban J connectivity index is 0.950. The van der Waals surface area contributed by atoms with Crippen molar-refractivity contribution in [3.63, 3.8) is 0 Å². The summed E-state index contributed by atoms with van der Waals surface area (Å²) in [4.78, 5) is 73.0. The van der Waals surface area contributed by atoms with Crippen LogP contribution < -0.4 is 54.4 Å².